The third-order valence-corrected chi connectivity index (χ3v) is 3.10. The third kappa shape index (κ3) is 3.96. The molecule has 5 heteroatoms. The number of rotatable bonds is 5. The first kappa shape index (κ1) is 13.9. The monoisotopic (exact) mass is 279 g/mol. The molecule has 2 aromatic rings. The average Bonchev–Trinajstić information content (AvgIpc) is 2.75. The van der Waals surface area contributed by atoms with E-state index in [4.69, 9.17) is 11.6 Å². The normalized spacial score (nSPS) is 11.2. The lowest BCUT2D eigenvalue weighted by Gasteiger charge is -2.04. The Morgan fingerprint density at radius 2 is 2.21 bits per heavy atom. The standard InChI is InChI=1S/C14H18ClN3O/c1-10(2)3-6-14(19)16-7-12-9-18-8-11(15)4-5-13(18)17-12/h4-5,8-10H,3,6-7H2,1-2H3,(H,16,19). The molecular formula is C14H18ClN3O. The molecule has 0 aliphatic carbocycles. The van der Waals surface area contributed by atoms with Gasteiger partial charge in [-0.05, 0) is 24.5 Å². The van der Waals surface area contributed by atoms with E-state index in [-0.39, 0.29) is 5.91 Å². The molecule has 0 spiro atoms. The van der Waals surface area contributed by atoms with E-state index < -0.39 is 0 Å². The smallest absolute Gasteiger partial charge is 0.220 e. The summed E-state index contributed by atoms with van der Waals surface area (Å²) in [5.74, 6) is 0.617. The fourth-order valence-corrected chi connectivity index (χ4v) is 1.97. The fraction of sp³-hybridized carbons (Fsp3) is 0.429. The van der Waals surface area contributed by atoms with Crippen LogP contribution >= 0.6 is 11.6 Å². The van der Waals surface area contributed by atoms with Crippen molar-refractivity contribution in [3.63, 3.8) is 0 Å². The number of aromatic nitrogens is 2. The molecule has 19 heavy (non-hydrogen) atoms. The Balaban J connectivity index is 1.92. The molecule has 0 saturated carbocycles. The van der Waals surface area contributed by atoms with Crippen molar-refractivity contribution in [1.82, 2.24) is 14.7 Å². The molecule has 2 heterocycles. The van der Waals surface area contributed by atoms with Gasteiger partial charge in [0.05, 0.1) is 17.3 Å². The summed E-state index contributed by atoms with van der Waals surface area (Å²) < 4.78 is 1.86. The van der Waals surface area contributed by atoms with Crippen LogP contribution in [-0.4, -0.2) is 15.3 Å². The second-order valence-corrected chi connectivity index (χ2v) is 5.49. The van der Waals surface area contributed by atoms with Gasteiger partial charge in [-0.15, -0.1) is 0 Å². The summed E-state index contributed by atoms with van der Waals surface area (Å²) in [5.41, 5.74) is 1.66. The van der Waals surface area contributed by atoms with Crippen molar-refractivity contribution in [1.29, 1.82) is 0 Å². The predicted molar refractivity (Wildman–Crippen MR) is 76.1 cm³/mol. The zero-order valence-electron chi connectivity index (χ0n) is 11.2. The second kappa shape index (κ2) is 6.06. The van der Waals surface area contributed by atoms with Crippen molar-refractivity contribution < 1.29 is 4.79 Å². The van der Waals surface area contributed by atoms with E-state index in [9.17, 15) is 4.79 Å². The van der Waals surface area contributed by atoms with Gasteiger partial charge in [0.2, 0.25) is 5.91 Å². The van der Waals surface area contributed by atoms with Gasteiger partial charge in [0.25, 0.3) is 0 Å². The second-order valence-electron chi connectivity index (χ2n) is 5.05. The number of nitrogens with one attached hydrogen (secondary N) is 1. The van der Waals surface area contributed by atoms with Gasteiger partial charge in [0.15, 0.2) is 0 Å². The predicted octanol–water partition coefficient (Wildman–Crippen LogP) is 3.04. The Morgan fingerprint density at radius 3 is 2.95 bits per heavy atom. The molecule has 0 aliphatic heterocycles. The van der Waals surface area contributed by atoms with Crippen LogP contribution in [0.25, 0.3) is 5.65 Å². The highest BCUT2D eigenvalue weighted by atomic mass is 35.5. The lowest BCUT2D eigenvalue weighted by Crippen LogP contribution is -2.22. The number of fused-ring (bicyclic) bond motifs is 1. The van der Waals surface area contributed by atoms with E-state index >= 15 is 0 Å². The van der Waals surface area contributed by atoms with Crippen LogP contribution in [0.3, 0.4) is 0 Å². The van der Waals surface area contributed by atoms with Crippen LogP contribution in [-0.2, 0) is 11.3 Å². The first-order valence-electron chi connectivity index (χ1n) is 6.44. The van der Waals surface area contributed by atoms with Crippen LogP contribution in [0.15, 0.2) is 24.5 Å². The van der Waals surface area contributed by atoms with Gasteiger partial charge < -0.3 is 9.72 Å². The maximum absolute atomic E-state index is 11.6. The molecule has 2 rings (SSSR count). The van der Waals surface area contributed by atoms with Crippen molar-refractivity contribution >= 4 is 23.2 Å². The number of amides is 1. The van der Waals surface area contributed by atoms with Crippen LogP contribution in [0.2, 0.25) is 5.02 Å². The zero-order valence-corrected chi connectivity index (χ0v) is 11.9. The van der Waals surface area contributed by atoms with Gasteiger partial charge in [-0.3, -0.25) is 4.79 Å². The Morgan fingerprint density at radius 1 is 1.42 bits per heavy atom. The molecule has 0 bridgehead atoms. The number of carbonyl (C=O) groups excluding carboxylic acids is 1. The molecule has 102 valence electrons. The molecule has 0 radical (unpaired) electrons. The van der Waals surface area contributed by atoms with Crippen molar-refractivity contribution in [3.05, 3.63) is 35.2 Å². The summed E-state index contributed by atoms with van der Waals surface area (Å²) in [6, 6.07) is 3.65. The average molecular weight is 280 g/mol. The molecule has 0 saturated heterocycles. The molecule has 0 atom stereocenters. The van der Waals surface area contributed by atoms with Gasteiger partial charge in [0, 0.05) is 18.8 Å². The zero-order chi connectivity index (χ0) is 13.8. The Labute approximate surface area is 117 Å². The number of hydrogen-bond acceptors (Lipinski definition) is 2. The van der Waals surface area contributed by atoms with Crippen molar-refractivity contribution in [2.75, 3.05) is 0 Å². The number of carbonyl (C=O) groups is 1. The van der Waals surface area contributed by atoms with Gasteiger partial charge in [-0.1, -0.05) is 25.4 Å². The SMILES string of the molecule is CC(C)CCC(=O)NCc1cn2cc(Cl)ccc2n1. The Kier molecular flexibility index (Phi) is 4.43. The highest BCUT2D eigenvalue weighted by molar-refractivity contribution is 6.30. The van der Waals surface area contributed by atoms with E-state index in [2.05, 4.69) is 24.1 Å². The quantitative estimate of drug-likeness (QED) is 0.914. The van der Waals surface area contributed by atoms with E-state index in [0.29, 0.717) is 23.9 Å². The number of halogens is 1. The maximum atomic E-state index is 11.6. The summed E-state index contributed by atoms with van der Waals surface area (Å²) in [7, 11) is 0. The van der Waals surface area contributed by atoms with Crippen molar-refractivity contribution in [3.8, 4) is 0 Å². The molecule has 0 unspecified atom stereocenters. The first-order valence-corrected chi connectivity index (χ1v) is 6.82. The molecule has 2 aromatic heterocycles. The topological polar surface area (TPSA) is 46.4 Å². The minimum absolute atomic E-state index is 0.0730. The van der Waals surface area contributed by atoms with E-state index in [1.165, 1.54) is 0 Å². The van der Waals surface area contributed by atoms with E-state index in [0.717, 1.165) is 17.8 Å². The number of nitrogens with zero attached hydrogens (tertiary/aromatic N) is 2. The summed E-state index contributed by atoms with van der Waals surface area (Å²) in [5, 5.41) is 3.55. The molecule has 1 N–H and O–H groups in total. The Hall–Kier alpha value is -1.55. The lowest BCUT2D eigenvalue weighted by molar-refractivity contribution is -0.121. The molecule has 4 nitrogen and oxygen atoms in total. The summed E-state index contributed by atoms with van der Waals surface area (Å²) in [6.45, 7) is 4.68. The summed E-state index contributed by atoms with van der Waals surface area (Å²) >= 11 is 5.91. The molecule has 0 fully saturated rings. The first-order chi connectivity index (χ1) is 9.04. The molecule has 0 aromatic carbocycles. The largest absolute Gasteiger partial charge is 0.350 e. The molecule has 0 aliphatic rings. The van der Waals surface area contributed by atoms with Crippen LogP contribution in [0, 0.1) is 5.92 Å². The third-order valence-electron chi connectivity index (χ3n) is 2.88. The number of pyridine rings is 1. The van der Waals surface area contributed by atoms with Crippen LogP contribution in [0.1, 0.15) is 32.4 Å². The van der Waals surface area contributed by atoms with Crippen LogP contribution in [0.4, 0.5) is 0 Å². The van der Waals surface area contributed by atoms with Gasteiger partial charge >= 0.3 is 0 Å². The highest BCUT2D eigenvalue weighted by Crippen LogP contribution is 2.11. The van der Waals surface area contributed by atoms with Gasteiger partial charge in [-0.2, -0.15) is 0 Å². The Bertz CT molecular complexity index is 577. The highest BCUT2D eigenvalue weighted by Gasteiger charge is 2.06. The molecular weight excluding hydrogens is 262 g/mol. The van der Waals surface area contributed by atoms with Gasteiger partial charge in [-0.25, -0.2) is 4.98 Å². The maximum Gasteiger partial charge on any atom is 0.220 e. The van der Waals surface area contributed by atoms with E-state index in [1.807, 2.05) is 16.7 Å². The van der Waals surface area contributed by atoms with E-state index in [1.54, 1.807) is 12.3 Å². The minimum Gasteiger partial charge on any atom is -0.350 e. The van der Waals surface area contributed by atoms with Crippen LogP contribution < -0.4 is 5.32 Å². The van der Waals surface area contributed by atoms with Crippen molar-refractivity contribution in [2.45, 2.75) is 33.2 Å². The number of hydrogen-bond donors (Lipinski definition) is 1. The van der Waals surface area contributed by atoms with Gasteiger partial charge in [0.1, 0.15) is 5.65 Å². The minimum atomic E-state index is 0.0730. The fourth-order valence-electron chi connectivity index (χ4n) is 1.80. The van der Waals surface area contributed by atoms with Crippen molar-refractivity contribution in [2.24, 2.45) is 5.92 Å². The number of imidazole rings is 1. The molecule has 1 amide bonds. The lowest BCUT2D eigenvalue weighted by atomic mass is 10.1. The summed E-state index contributed by atoms with van der Waals surface area (Å²) in [4.78, 5) is 16.0. The summed E-state index contributed by atoms with van der Waals surface area (Å²) in [6.07, 6.45) is 5.15. The van der Waals surface area contributed by atoms with Crippen LogP contribution in [0.5, 0.6) is 0 Å².